The Hall–Kier alpha value is -1.88. The second kappa shape index (κ2) is 6.71. The van der Waals surface area contributed by atoms with Gasteiger partial charge >= 0.3 is 5.97 Å². The monoisotopic (exact) mass is 330 g/mol. The van der Waals surface area contributed by atoms with Gasteiger partial charge in [-0.15, -0.1) is 11.3 Å². The van der Waals surface area contributed by atoms with Gasteiger partial charge in [-0.25, -0.2) is 9.79 Å². The lowest BCUT2D eigenvalue weighted by Gasteiger charge is -2.17. The molecule has 0 saturated heterocycles. The molecule has 0 bridgehead atoms. The number of aliphatic imine (C=N–C) groups is 1. The van der Waals surface area contributed by atoms with Gasteiger partial charge in [0.05, 0.1) is 7.11 Å². The summed E-state index contributed by atoms with van der Waals surface area (Å²) in [6, 6.07) is 6.45. The van der Waals surface area contributed by atoms with Gasteiger partial charge in [0.15, 0.2) is 0 Å². The minimum Gasteiger partial charge on any atom is -0.465 e. The number of methoxy groups -OCH3 is 1. The maximum absolute atomic E-state index is 11.5. The van der Waals surface area contributed by atoms with Crippen LogP contribution in [0.4, 0.5) is 5.00 Å². The molecule has 0 radical (unpaired) electrons. The van der Waals surface area contributed by atoms with E-state index in [4.69, 9.17) is 4.74 Å². The van der Waals surface area contributed by atoms with Crippen LogP contribution in [0.5, 0.6) is 0 Å². The number of thiophene rings is 1. The summed E-state index contributed by atoms with van der Waals surface area (Å²) in [7, 11) is 1.39. The highest BCUT2D eigenvalue weighted by molar-refractivity contribution is 7.17. The molecule has 1 saturated carbocycles. The molecular weight excluding hydrogens is 308 g/mol. The van der Waals surface area contributed by atoms with Crippen LogP contribution in [0.15, 0.2) is 23.2 Å². The third kappa shape index (κ3) is 3.24. The summed E-state index contributed by atoms with van der Waals surface area (Å²) in [5, 5.41) is 0.816. The Morgan fingerprint density at radius 1 is 1.35 bits per heavy atom. The van der Waals surface area contributed by atoms with E-state index in [1.165, 1.54) is 55.5 Å². The molecule has 23 heavy (non-hydrogen) atoms. The first-order valence-electron chi connectivity index (χ1n) is 8.01. The lowest BCUT2D eigenvalue weighted by molar-refractivity contribution is 0.0606. The first kappa shape index (κ1) is 16.0. The normalized spacial score (nSPS) is 15.6. The zero-order valence-corrected chi connectivity index (χ0v) is 14.7. The molecule has 1 aliphatic carbocycles. The molecule has 3 rings (SSSR count). The minimum atomic E-state index is -0.309. The molecule has 0 aromatic carbocycles. The van der Waals surface area contributed by atoms with Gasteiger partial charge in [-0.2, -0.15) is 0 Å². The highest BCUT2D eigenvalue weighted by Gasteiger charge is 2.20. The predicted octanol–water partition coefficient (Wildman–Crippen LogP) is 4.82. The second-order valence-corrected chi connectivity index (χ2v) is 7.08. The lowest BCUT2D eigenvalue weighted by Crippen LogP contribution is -2.08. The van der Waals surface area contributed by atoms with Crippen LogP contribution in [-0.2, 0) is 4.74 Å². The van der Waals surface area contributed by atoms with Gasteiger partial charge in [0.25, 0.3) is 0 Å². The van der Waals surface area contributed by atoms with Crippen molar-refractivity contribution in [1.82, 2.24) is 4.57 Å². The number of nitrogens with zero attached hydrogens (tertiary/aromatic N) is 2. The molecule has 0 N–H and O–H groups in total. The van der Waals surface area contributed by atoms with Crippen LogP contribution in [0.3, 0.4) is 0 Å². The van der Waals surface area contributed by atoms with Crippen LogP contribution >= 0.6 is 11.3 Å². The largest absolute Gasteiger partial charge is 0.465 e. The number of carbonyl (C=O) groups excluding carboxylic acids is 1. The fourth-order valence-electron chi connectivity index (χ4n) is 3.40. The predicted molar refractivity (Wildman–Crippen MR) is 94.3 cm³/mol. The molecule has 0 spiro atoms. The molecule has 1 aliphatic rings. The molecule has 1 fully saturated rings. The van der Waals surface area contributed by atoms with E-state index in [0.717, 1.165) is 10.6 Å². The standard InChI is InChI=1S/C18H22N2O2S/c1-12-10-14(13(2)20(12)15-6-4-5-7-15)11-19-17-9-8-16(23-17)18(21)22-3/h8-11,15H,4-7H2,1-3H3. The SMILES string of the molecule is COC(=O)c1ccc(N=Cc2cc(C)n(C3CCCC3)c2C)s1. The second-order valence-electron chi connectivity index (χ2n) is 6.02. The molecule has 4 nitrogen and oxygen atoms in total. The molecular formula is C18H22N2O2S. The summed E-state index contributed by atoms with van der Waals surface area (Å²) < 4.78 is 7.18. The Kier molecular flexibility index (Phi) is 4.66. The fourth-order valence-corrected chi connectivity index (χ4v) is 4.17. The van der Waals surface area contributed by atoms with Gasteiger partial charge in [0, 0.05) is 29.2 Å². The maximum atomic E-state index is 11.5. The van der Waals surface area contributed by atoms with Crippen LogP contribution in [-0.4, -0.2) is 23.9 Å². The quantitative estimate of drug-likeness (QED) is 0.596. The van der Waals surface area contributed by atoms with E-state index in [9.17, 15) is 4.79 Å². The summed E-state index contributed by atoms with van der Waals surface area (Å²) in [6.45, 7) is 4.34. The number of ether oxygens (including phenoxy) is 1. The van der Waals surface area contributed by atoms with E-state index in [1.807, 2.05) is 12.3 Å². The van der Waals surface area contributed by atoms with Crippen LogP contribution in [0.2, 0.25) is 0 Å². The van der Waals surface area contributed by atoms with Crippen molar-refractivity contribution >= 4 is 28.5 Å². The molecule has 122 valence electrons. The highest BCUT2D eigenvalue weighted by atomic mass is 32.1. The summed E-state index contributed by atoms with van der Waals surface area (Å²) in [5.74, 6) is -0.309. The summed E-state index contributed by atoms with van der Waals surface area (Å²) in [5.41, 5.74) is 3.74. The first-order chi connectivity index (χ1) is 11.1. The van der Waals surface area contributed by atoms with E-state index >= 15 is 0 Å². The maximum Gasteiger partial charge on any atom is 0.348 e. The molecule has 2 aromatic rings. The van der Waals surface area contributed by atoms with Crippen molar-refractivity contribution < 1.29 is 9.53 Å². The number of aryl methyl sites for hydroxylation is 1. The smallest absolute Gasteiger partial charge is 0.348 e. The van der Waals surface area contributed by atoms with Crippen molar-refractivity contribution in [3.63, 3.8) is 0 Å². The topological polar surface area (TPSA) is 43.6 Å². The van der Waals surface area contributed by atoms with Crippen LogP contribution in [0.25, 0.3) is 0 Å². The van der Waals surface area contributed by atoms with Crippen molar-refractivity contribution in [1.29, 1.82) is 0 Å². The van der Waals surface area contributed by atoms with E-state index < -0.39 is 0 Å². The third-order valence-electron chi connectivity index (χ3n) is 4.52. The molecule has 0 amide bonds. The van der Waals surface area contributed by atoms with Gasteiger partial charge < -0.3 is 9.30 Å². The van der Waals surface area contributed by atoms with Crippen LogP contribution < -0.4 is 0 Å². The molecule has 0 unspecified atom stereocenters. The molecule has 0 aliphatic heterocycles. The van der Waals surface area contributed by atoms with E-state index in [1.54, 1.807) is 6.07 Å². The minimum absolute atomic E-state index is 0.309. The molecule has 2 aromatic heterocycles. The highest BCUT2D eigenvalue weighted by Crippen LogP contribution is 2.33. The number of aromatic nitrogens is 1. The zero-order valence-electron chi connectivity index (χ0n) is 13.8. The van der Waals surface area contributed by atoms with Crippen molar-refractivity contribution in [3.8, 4) is 0 Å². The van der Waals surface area contributed by atoms with E-state index in [-0.39, 0.29) is 5.97 Å². The number of hydrogen-bond acceptors (Lipinski definition) is 4. The number of esters is 1. The van der Waals surface area contributed by atoms with Gasteiger partial charge in [0.1, 0.15) is 9.88 Å². The first-order valence-corrected chi connectivity index (χ1v) is 8.82. The van der Waals surface area contributed by atoms with Crippen LogP contribution in [0, 0.1) is 13.8 Å². The Morgan fingerprint density at radius 3 is 2.78 bits per heavy atom. The van der Waals surface area contributed by atoms with Crippen molar-refractivity contribution in [2.45, 2.75) is 45.6 Å². The number of carbonyl (C=O) groups is 1. The van der Waals surface area contributed by atoms with Gasteiger partial charge in [-0.1, -0.05) is 12.8 Å². The molecule has 5 heteroatoms. The van der Waals surface area contributed by atoms with Gasteiger partial charge in [0.2, 0.25) is 0 Å². The number of rotatable bonds is 4. The van der Waals surface area contributed by atoms with Crippen LogP contribution in [0.1, 0.15) is 58.3 Å². The molecule has 0 atom stereocenters. The summed E-state index contributed by atoms with van der Waals surface area (Å²) in [4.78, 5) is 16.6. The Bertz CT molecular complexity index is 736. The fraction of sp³-hybridized carbons (Fsp3) is 0.444. The summed E-state index contributed by atoms with van der Waals surface area (Å²) in [6.07, 6.45) is 7.12. The zero-order chi connectivity index (χ0) is 16.4. The Balaban J connectivity index is 1.81. The van der Waals surface area contributed by atoms with Crippen molar-refractivity contribution in [2.75, 3.05) is 7.11 Å². The van der Waals surface area contributed by atoms with Crippen molar-refractivity contribution in [2.24, 2.45) is 4.99 Å². The lowest BCUT2D eigenvalue weighted by atomic mass is 10.2. The number of hydrogen-bond donors (Lipinski definition) is 0. The average molecular weight is 330 g/mol. The average Bonchev–Trinajstić information content (AvgIpc) is 3.26. The van der Waals surface area contributed by atoms with E-state index in [0.29, 0.717) is 10.9 Å². The van der Waals surface area contributed by atoms with Crippen molar-refractivity contribution in [3.05, 3.63) is 40.0 Å². The van der Waals surface area contributed by atoms with Gasteiger partial charge in [-0.05, 0) is 44.9 Å². The Labute approximate surface area is 140 Å². The summed E-state index contributed by atoms with van der Waals surface area (Å²) >= 11 is 1.35. The van der Waals surface area contributed by atoms with E-state index in [2.05, 4.69) is 29.5 Å². The third-order valence-corrected chi connectivity index (χ3v) is 5.50. The molecule has 2 heterocycles. The Morgan fingerprint density at radius 2 is 2.09 bits per heavy atom. The van der Waals surface area contributed by atoms with Gasteiger partial charge in [-0.3, -0.25) is 0 Å².